The van der Waals surface area contributed by atoms with Crippen LogP contribution in [-0.4, -0.2) is 41.3 Å². The summed E-state index contributed by atoms with van der Waals surface area (Å²) in [6.45, 7) is 9.28. The summed E-state index contributed by atoms with van der Waals surface area (Å²) in [5.41, 5.74) is 3.64. The molecule has 0 N–H and O–H groups in total. The molecule has 126 valence electrons. The lowest BCUT2D eigenvalue weighted by Gasteiger charge is -2.27. The van der Waals surface area contributed by atoms with E-state index in [1.54, 1.807) is 0 Å². The average Bonchev–Trinajstić information content (AvgIpc) is 2.68. The van der Waals surface area contributed by atoms with E-state index in [4.69, 9.17) is 14.7 Å². The Kier molecular flexibility index (Phi) is 4.15. The number of morpholine rings is 1. The standard InChI is InChI=1S/C20H20N4O/c1-14(2)19-16-5-3-4-6-17(16)22-20(23-19)15-7-8-18(21-13-15)24-9-11-25-12-10-24/h3-8,13H,1,9-12H2,2H3. The number of aromatic nitrogens is 3. The summed E-state index contributed by atoms with van der Waals surface area (Å²) >= 11 is 0. The number of pyridine rings is 1. The molecule has 4 rings (SSSR count). The van der Waals surface area contributed by atoms with Gasteiger partial charge >= 0.3 is 0 Å². The van der Waals surface area contributed by atoms with Gasteiger partial charge in [0.2, 0.25) is 0 Å². The highest BCUT2D eigenvalue weighted by Gasteiger charge is 2.14. The molecule has 1 fully saturated rings. The highest BCUT2D eigenvalue weighted by Crippen LogP contribution is 2.25. The fourth-order valence-corrected chi connectivity index (χ4v) is 3.03. The predicted octanol–water partition coefficient (Wildman–Crippen LogP) is 3.56. The molecule has 0 aliphatic carbocycles. The molecule has 0 amide bonds. The molecule has 0 radical (unpaired) electrons. The maximum atomic E-state index is 5.39. The molecule has 0 atom stereocenters. The van der Waals surface area contributed by atoms with Gasteiger partial charge in [-0.1, -0.05) is 24.8 Å². The van der Waals surface area contributed by atoms with Gasteiger partial charge in [0.05, 0.1) is 24.4 Å². The molecule has 3 aromatic rings. The van der Waals surface area contributed by atoms with Crippen molar-refractivity contribution in [3.05, 3.63) is 54.9 Å². The van der Waals surface area contributed by atoms with Crippen molar-refractivity contribution in [1.29, 1.82) is 0 Å². The van der Waals surface area contributed by atoms with Crippen molar-refractivity contribution < 1.29 is 4.74 Å². The largest absolute Gasteiger partial charge is 0.378 e. The third-order valence-corrected chi connectivity index (χ3v) is 4.35. The van der Waals surface area contributed by atoms with Crippen LogP contribution >= 0.6 is 0 Å². The Balaban J connectivity index is 1.72. The van der Waals surface area contributed by atoms with Crippen LogP contribution in [-0.2, 0) is 4.74 Å². The Morgan fingerprint density at radius 1 is 1.08 bits per heavy atom. The van der Waals surface area contributed by atoms with Crippen molar-refractivity contribution in [3.63, 3.8) is 0 Å². The number of benzene rings is 1. The number of para-hydroxylation sites is 1. The van der Waals surface area contributed by atoms with Gasteiger partial charge in [-0.05, 0) is 30.7 Å². The summed E-state index contributed by atoms with van der Waals surface area (Å²) in [5, 5.41) is 1.02. The van der Waals surface area contributed by atoms with E-state index in [0.29, 0.717) is 5.82 Å². The van der Waals surface area contributed by atoms with Gasteiger partial charge in [0.25, 0.3) is 0 Å². The summed E-state index contributed by atoms with van der Waals surface area (Å²) in [6.07, 6.45) is 1.84. The summed E-state index contributed by atoms with van der Waals surface area (Å²) < 4.78 is 5.39. The second kappa shape index (κ2) is 6.61. The lowest BCUT2D eigenvalue weighted by molar-refractivity contribution is 0.122. The minimum Gasteiger partial charge on any atom is -0.378 e. The monoisotopic (exact) mass is 332 g/mol. The molecule has 3 heterocycles. The van der Waals surface area contributed by atoms with Crippen LogP contribution in [0.3, 0.4) is 0 Å². The van der Waals surface area contributed by atoms with Crippen LogP contribution in [0, 0.1) is 0 Å². The van der Waals surface area contributed by atoms with Crippen molar-refractivity contribution in [2.24, 2.45) is 0 Å². The van der Waals surface area contributed by atoms with Gasteiger partial charge in [-0.15, -0.1) is 0 Å². The number of hydrogen-bond donors (Lipinski definition) is 0. The van der Waals surface area contributed by atoms with E-state index < -0.39 is 0 Å². The highest BCUT2D eigenvalue weighted by molar-refractivity contribution is 5.90. The van der Waals surface area contributed by atoms with E-state index >= 15 is 0 Å². The highest BCUT2D eigenvalue weighted by atomic mass is 16.5. The molecule has 1 aromatic carbocycles. The van der Waals surface area contributed by atoms with Crippen LogP contribution in [0.5, 0.6) is 0 Å². The SMILES string of the molecule is C=C(C)c1nc(-c2ccc(N3CCOCC3)nc2)nc2ccccc12. The Hall–Kier alpha value is -2.79. The molecule has 5 heteroatoms. The van der Waals surface area contributed by atoms with Crippen LogP contribution in [0.15, 0.2) is 49.2 Å². The minimum atomic E-state index is 0.678. The normalized spacial score (nSPS) is 14.7. The first-order valence-electron chi connectivity index (χ1n) is 8.44. The van der Waals surface area contributed by atoms with E-state index in [1.807, 2.05) is 49.5 Å². The number of allylic oxidation sites excluding steroid dienone is 1. The van der Waals surface area contributed by atoms with E-state index in [-0.39, 0.29) is 0 Å². The van der Waals surface area contributed by atoms with Gasteiger partial charge in [0.1, 0.15) is 5.82 Å². The maximum Gasteiger partial charge on any atom is 0.161 e. The summed E-state index contributed by atoms with van der Waals surface area (Å²) in [6, 6.07) is 12.1. The van der Waals surface area contributed by atoms with Crippen molar-refractivity contribution in [2.75, 3.05) is 31.2 Å². The second-order valence-electron chi connectivity index (χ2n) is 6.20. The van der Waals surface area contributed by atoms with Crippen LogP contribution in [0.2, 0.25) is 0 Å². The summed E-state index contributed by atoms with van der Waals surface area (Å²) in [4.78, 5) is 16.3. The third kappa shape index (κ3) is 3.10. The van der Waals surface area contributed by atoms with Gasteiger partial charge in [0, 0.05) is 30.2 Å². The van der Waals surface area contributed by atoms with Crippen molar-refractivity contribution in [3.8, 4) is 11.4 Å². The number of nitrogens with zero attached hydrogens (tertiary/aromatic N) is 4. The molecule has 0 bridgehead atoms. The Morgan fingerprint density at radius 3 is 2.60 bits per heavy atom. The molecular formula is C20H20N4O. The van der Waals surface area contributed by atoms with Crippen molar-refractivity contribution >= 4 is 22.3 Å². The fourth-order valence-electron chi connectivity index (χ4n) is 3.03. The first-order chi connectivity index (χ1) is 12.2. The van der Waals surface area contributed by atoms with E-state index in [0.717, 1.165) is 59.9 Å². The average molecular weight is 332 g/mol. The molecule has 1 aliphatic rings. The fraction of sp³-hybridized carbons (Fsp3) is 0.250. The first-order valence-corrected chi connectivity index (χ1v) is 8.44. The van der Waals surface area contributed by atoms with Crippen LogP contribution in [0.1, 0.15) is 12.6 Å². The second-order valence-corrected chi connectivity index (χ2v) is 6.20. The first kappa shape index (κ1) is 15.7. The van der Waals surface area contributed by atoms with Crippen LogP contribution in [0.25, 0.3) is 27.9 Å². The quantitative estimate of drug-likeness (QED) is 0.734. The van der Waals surface area contributed by atoms with Gasteiger partial charge in [-0.3, -0.25) is 0 Å². The number of rotatable bonds is 3. The molecule has 0 spiro atoms. The topological polar surface area (TPSA) is 51.1 Å². The maximum absolute atomic E-state index is 5.39. The Morgan fingerprint density at radius 2 is 1.88 bits per heavy atom. The molecule has 1 saturated heterocycles. The van der Waals surface area contributed by atoms with Gasteiger partial charge < -0.3 is 9.64 Å². The molecule has 5 nitrogen and oxygen atoms in total. The number of hydrogen-bond acceptors (Lipinski definition) is 5. The molecule has 0 saturated carbocycles. The zero-order chi connectivity index (χ0) is 17.2. The molecule has 0 unspecified atom stereocenters. The lowest BCUT2D eigenvalue weighted by atomic mass is 10.1. The van der Waals surface area contributed by atoms with Crippen LogP contribution < -0.4 is 4.90 Å². The molecule has 1 aliphatic heterocycles. The van der Waals surface area contributed by atoms with Gasteiger partial charge in [0.15, 0.2) is 5.82 Å². The number of fused-ring (bicyclic) bond motifs is 1. The summed E-state index contributed by atoms with van der Waals surface area (Å²) in [5.74, 6) is 1.64. The van der Waals surface area contributed by atoms with E-state index in [2.05, 4.69) is 16.5 Å². The summed E-state index contributed by atoms with van der Waals surface area (Å²) in [7, 11) is 0. The van der Waals surface area contributed by atoms with Crippen LogP contribution in [0.4, 0.5) is 5.82 Å². The smallest absolute Gasteiger partial charge is 0.161 e. The minimum absolute atomic E-state index is 0.678. The van der Waals surface area contributed by atoms with E-state index in [1.165, 1.54) is 0 Å². The third-order valence-electron chi connectivity index (χ3n) is 4.35. The number of anilines is 1. The van der Waals surface area contributed by atoms with Crippen molar-refractivity contribution in [1.82, 2.24) is 15.0 Å². The number of ether oxygens (including phenoxy) is 1. The molecule has 25 heavy (non-hydrogen) atoms. The Labute approximate surface area is 147 Å². The zero-order valence-corrected chi connectivity index (χ0v) is 14.3. The van der Waals surface area contributed by atoms with Crippen molar-refractivity contribution in [2.45, 2.75) is 6.92 Å². The Bertz CT molecular complexity index is 915. The lowest BCUT2D eigenvalue weighted by Crippen LogP contribution is -2.36. The zero-order valence-electron chi connectivity index (χ0n) is 14.3. The predicted molar refractivity (Wildman–Crippen MR) is 101 cm³/mol. The molecule has 2 aromatic heterocycles. The van der Waals surface area contributed by atoms with Gasteiger partial charge in [-0.25, -0.2) is 15.0 Å². The molecular weight excluding hydrogens is 312 g/mol. The van der Waals surface area contributed by atoms with Gasteiger partial charge in [-0.2, -0.15) is 0 Å². The van der Waals surface area contributed by atoms with E-state index in [9.17, 15) is 0 Å².